The maximum absolute atomic E-state index is 11.2. The number of carbonyl (C=O) groups excluding carboxylic acids is 1. The van der Waals surface area contributed by atoms with Crippen LogP contribution in [0.2, 0.25) is 0 Å². The first-order chi connectivity index (χ1) is 6.83. The van der Waals surface area contributed by atoms with Gasteiger partial charge < -0.3 is 9.73 Å². The summed E-state index contributed by atoms with van der Waals surface area (Å²) >= 11 is 3.30. The molecule has 14 heavy (non-hydrogen) atoms. The van der Waals surface area contributed by atoms with Gasteiger partial charge in [0.1, 0.15) is 5.76 Å². The van der Waals surface area contributed by atoms with Gasteiger partial charge in [0, 0.05) is 24.7 Å². The largest absolute Gasteiger partial charge is 0.469 e. The van der Waals surface area contributed by atoms with Gasteiger partial charge in [0.2, 0.25) is 5.91 Å². The minimum Gasteiger partial charge on any atom is -0.469 e. The molecule has 0 radical (unpaired) electrons. The lowest BCUT2D eigenvalue weighted by Crippen LogP contribution is -2.24. The second kappa shape index (κ2) is 6.65. The van der Waals surface area contributed by atoms with E-state index in [2.05, 4.69) is 21.2 Å². The molecule has 0 spiro atoms. The lowest BCUT2D eigenvalue weighted by molar-refractivity contribution is -0.121. The zero-order valence-electron chi connectivity index (χ0n) is 7.96. The van der Waals surface area contributed by atoms with Crippen molar-refractivity contribution in [3.63, 3.8) is 0 Å². The summed E-state index contributed by atoms with van der Waals surface area (Å²) in [5.41, 5.74) is 0. The molecular formula is C10H14BrNO2. The number of amides is 1. The van der Waals surface area contributed by atoms with E-state index < -0.39 is 0 Å². The molecule has 1 heterocycles. The Hall–Kier alpha value is -0.770. The monoisotopic (exact) mass is 259 g/mol. The van der Waals surface area contributed by atoms with Crippen LogP contribution in [0.3, 0.4) is 0 Å². The number of rotatable bonds is 6. The van der Waals surface area contributed by atoms with E-state index in [1.165, 1.54) is 0 Å². The Labute approximate surface area is 92.0 Å². The summed E-state index contributed by atoms with van der Waals surface area (Å²) in [4.78, 5) is 11.2. The van der Waals surface area contributed by atoms with E-state index in [4.69, 9.17) is 4.42 Å². The maximum atomic E-state index is 11.2. The molecule has 0 atom stereocenters. The predicted molar refractivity (Wildman–Crippen MR) is 58.4 cm³/mol. The highest BCUT2D eigenvalue weighted by atomic mass is 79.9. The Morgan fingerprint density at radius 3 is 3.07 bits per heavy atom. The number of alkyl halides is 1. The van der Waals surface area contributed by atoms with Crippen molar-refractivity contribution in [2.75, 3.05) is 11.9 Å². The average molecular weight is 260 g/mol. The van der Waals surface area contributed by atoms with Crippen molar-refractivity contribution in [3.05, 3.63) is 24.2 Å². The number of halogens is 1. The van der Waals surface area contributed by atoms with Crippen LogP contribution < -0.4 is 5.32 Å². The normalized spacial score (nSPS) is 10.1. The Morgan fingerprint density at radius 2 is 2.43 bits per heavy atom. The Balaban J connectivity index is 2.09. The topological polar surface area (TPSA) is 42.2 Å². The number of aryl methyl sites for hydroxylation is 1. The van der Waals surface area contributed by atoms with Crippen molar-refractivity contribution in [2.45, 2.75) is 19.3 Å². The first-order valence-electron chi connectivity index (χ1n) is 4.68. The molecule has 0 unspecified atom stereocenters. The Bertz CT molecular complexity index is 259. The van der Waals surface area contributed by atoms with Crippen LogP contribution in [0.15, 0.2) is 22.8 Å². The van der Waals surface area contributed by atoms with Gasteiger partial charge in [-0.05, 0) is 18.6 Å². The Kier molecular flexibility index (Phi) is 5.37. The predicted octanol–water partition coefficient (Wildman–Crippen LogP) is 2.11. The highest BCUT2D eigenvalue weighted by Crippen LogP contribution is 2.03. The van der Waals surface area contributed by atoms with Crippen LogP contribution in [0.1, 0.15) is 18.6 Å². The number of nitrogens with one attached hydrogen (secondary N) is 1. The van der Waals surface area contributed by atoms with Crippen LogP contribution in [0, 0.1) is 0 Å². The van der Waals surface area contributed by atoms with Gasteiger partial charge in [-0.2, -0.15) is 0 Å². The van der Waals surface area contributed by atoms with Crippen LogP contribution in [-0.4, -0.2) is 17.8 Å². The number of carbonyl (C=O) groups is 1. The van der Waals surface area contributed by atoms with Crippen LogP contribution in [-0.2, 0) is 11.2 Å². The fourth-order valence-electron chi connectivity index (χ4n) is 1.07. The van der Waals surface area contributed by atoms with Crippen molar-refractivity contribution in [2.24, 2.45) is 0 Å². The van der Waals surface area contributed by atoms with Crippen molar-refractivity contribution in [1.82, 2.24) is 5.32 Å². The van der Waals surface area contributed by atoms with E-state index in [0.717, 1.165) is 24.1 Å². The standard InChI is InChI=1S/C10H14BrNO2/c11-6-2-7-12-10(13)5-4-9-3-1-8-14-9/h1,3,8H,2,4-7H2,(H,12,13). The first kappa shape index (κ1) is 11.3. The second-order valence-electron chi connectivity index (χ2n) is 2.97. The maximum Gasteiger partial charge on any atom is 0.220 e. The van der Waals surface area contributed by atoms with Gasteiger partial charge in [-0.1, -0.05) is 15.9 Å². The smallest absolute Gasteiger partial charge is 0.220 e. The average Bonchev–Trinajstić information content (AvgIpc) is 2.68. The molecule has 78 valence electrons. The molecule has 1 amide bonds. The fourth-order valence-corrected chi connectivity index (χ4v) is 1.35. The van der Waals surface area contributed by atoms with Gasteiger partial charge in [-0.3, -0.25) is 4.79 Å². The summed E-state index contributed by atoms with van der Waals surface area (Å²) in [6, 6.07) is 3.71. The number of hydrogen-bond donors (Lipinski definition) is 1. The van der Waals surface area contributed by atoms with Crippen molar-refractivity contribution >= 4 is 21.8 Å². The number of furan rings is 1. The molecule has 0 aromatic carbocycles. The van der Waals surface area contributed by atoms with Crippen LogP contribution in [0.4, 0.5) is 0 Å². The highest BCUT2D eigenvalue weighted by molar-refractivity contribution is 9.09. The molecule has 0 aliphatic rings. The van der Waals surface area contributed by atoms with E-state index in [-0.39, 0.29) is 5.91 Å². The van der Waals surface area contributed by atoms with Gasteiger partial charge >= 0.3 is 0 Å². The molecule has 0 aliphatic carbocycles. The third-order valence-corrected chi connectivity index (χ3v) is 2.37. The molecule has 1 aromatic rings. The fraction of sp³-hybridized carbons (Fsp3) is 0.500. The molecule has 3 nitrogen and oxygen atoms in total. The molecule has 0 fully saturated rings. The SMILES string of the molecule is O=C(CCc1ccco1)NCCCBr. The molecule has 0 bridgehead atoms. The third-order valence-electron chi connectivity index (χ3n) is 1.81. The van der Waals surface area contributed by atoms with E-state index in [1.807, 2.05) is 12.1 Å². The first-order valence-corrected chi connectivity index (χ1v) is 5.80. The van der Waals surface area contributed by atoms with Gasteiger partial charge in [0.15, 0.2) is 0 Å². The van der Waals surface area contributed by atoms with Gasteiger partial charge in [-0.15, -0.1) is 0 Å². The van der Waals surface area contributed by atoms with Gasteiger partial charge in [-0.25, -0.2) is 0 Å². The van der Waals surface area contributed by atoms with Crippen LogP contribution in [0.5, 0.6) is 0 Å². The summed E-state index contributed by atoms with van der Waals surface area (Å²) in [7, 11) is 0. The lowest BCUT2D eigenvalue weighted by atomic mass is 10.2. The highest BCUT2D eigenvalue weighted by Gasteiger charge is 2.02. The van der Waals surface area contributed by atoms with E-state index in [9.17, 15) is 4.79 Å². The van der Waals surface area contributed by atoms with E-state index >= 15 is 0 Å². The molecule has 1 rings (SSSR count). The summed E-state index contributed by atoms with van der Waals surface area (Å²) < 4.78 is 5.12. The molecule has 1 aromatic heterocycles. The van der Waals surface area contributed by atoms with Crippen molar-refractivity contribution in [3.8, 4) is 0 Å². The summed E-state index contributed by atoms with van der Waals surface area (Å²) in [6.07, 6.45) is 3.76. The lowest BCUT2D eigenvalue weighted by Gasteiger charge is -2.02. The molecule has 1 N–H and O–H groups in total. The van der Waals surface area contributed by atoms with Crippen molar-refractivity contribution < 1.29 is 9.21 Å². The van der Waals surface area contributed by atoms with E-state index in [1.54, 1.807) is 6.26 Å². The molecule has 0 aliphatic heterocycles. The summed E-state index contributed by atoms with van der Waals surface area (Å²) in [5, 5.41) is 3.76. The molecule has 0 saturated carbocycles. The van der Waals surface area contributed by atoms with E-state index in [0.29, 0.717) is 12.8 Å². The minimum absolute atomic E-state index is 0.0855. The molecular weight excluding hydrogens is 246 g/mol. The summed E-state index contributed by atoms with van der Waals surface area (Å²) in [5.74, 6) is 0.947. The van der Waals surface area contributed by atoms with Crippen molar-refractivity contribution in [1.29, 1.82) is 0 Å². The third kappa shape index (κ3) is 4.46. The van der Waals surface area contributed by atoms with Gasteiger partial charge in [0.25, 0.3) is 0 Å². The quantitative estimate of drug-likeness (QED) is 0.628. The minimum atomic E-state index is 0.0855. The van der Waals surface area contributed by atoms with Crippen LogP contribution in [0.25, 0.3) is 0 Å². The molecule has 0 saturated heterocycles. The van der Waals surface area contributed by atoms with Crippen LogP contribution >= 0.6 is 15.9 Å². The Morgan fingerprint density at radius 1 is 1.57 bits per heavy atom. The zero-order valence-corrected chi connectivity index (χ0v) is 9.55. The van der Waals surface area contributed by atoms with Gasteiger partial charge in [0.05, 0.1) is 6.26 Å². The molecule has 4 heteroatoms. The second-order valence-corrected chi connectivity index (χ2v) is 3.76. The zero-order chi connectivity index (χ0) is 10.2. The number of hydrogen-bond acceptors (Lipinski definition) is 2. The summed E-state index contributed by atoms with van der Waals surface area (Å²) in [6.45, 7) is 0.738.